The Morgan fingerprint density at radius 1 is 1.40 bits per heavy atom. The molecule has 0 bridgehead atoms. The minimum atomic E-state index is -0.500. The quantitative estimate of drug-likeness (QED) is 0.651. The summed E-state index contributed by atoms with van der Waals surface area (Å²) in [7, 11) is 0. The van der Waals surface area contributed by atoms with E-state index in [4.69, 9.17) is 5.73 Å². The molecule has 0 radical (unpaired) electrons. The van der Waals surface area contributed by atoms with Gasteiger partial charge in [0.15, 0.2) is 11.5 Å². The van der Waals surface area contributed by atoms with Gasteiger partial charge in [0.2, 0.25) is 0 Å². The van der Waals surface area contributed by atoms with Crippen LogP contribution in [0.2, 0.25) is 0 Å². The van der Waals surface area contributed by atoms with Gasteiger partial charge in [0.1, 0.15) is 5.82 Å². The highest BCUT2D eigenvalue weighted by atomic mass is 19.1. The molecule has 0 amide bonds. The first kappa shape index (κ1) is 10.2. The van der Waals surface area contributed by atoms with Gasteiger partial charge in [-0.1, -0.05) is 0 Å². The van der Waals surface area contributed by atoms with E-state index in [2.05, 4.69) is 0 Å². The molecule has 0 aliphatic heterocycles. The van der Waals surface area contributed by atoms with E-state index in [1.807, 2.05) is 0 Å². The SMILES string of the molecule is CC(N)C1(c2c(F)ccc(O)c2O)CC1. The fourth-order valence-electron chi connectivity index (χ4n) is 2.10. The van der Waals surface area contributed by atoms with Crippen LogP contribution in [0, 0.1) is 5.82 Å². The first-order chi connectivity index (χ1) is 6.99. The molecule has 1 aromatic rings. The van der Waals surface area contributed by atoms with Crippen molar-refractivity contribution in [2.75, 3.05) is 0 Å². The molecule has 4 N–H and O–H groups in total. The zero-order valence-corrected chi connectivity index (χ0v) is 8.50. The average molecular weight is 211 g/mol. The second kappa shape index (κ2) is 3.10. The maximum atomic E-state index is 13.6. The molecule has 1 saturated carbocycles. The lowest BCUT2D eigenvalue weighted by Crippen LogP contribution is -2.32. The third-order valence-electron chi connectivity index (χ3n) is 3.26. The lowest BCUT2D eigenvalue weighted by Gasteiger charge is -2.22. The molecule has 2 rings (SSSR count). The van der Waals surface area contributed by atoms with Crippen LogP contribution in [-0.2, 0) is 5.41 Å². The van der Waals surface area contributed by atoms with Crippen molar-refractivity contribution in [2.24, 2.45) is 5.73 Å². The van der Waals surface area contributed by atoms with Crippen molar-refractivity contribution in [3.63, 3.8) is 0 Å². The van der Waals surface area contributed by atoms with Gasteiger partial charge in [-0.05, 0) is 31.9 Å². The minimum absolute atomic E-state index is 0.164. The average Bonchev–Trinajstić information content (AvgIpc) is 2.93. The second-order valence-corrected chi connectivity index (χ2v) is 4.23. The fourth-order valence-corrected chi connectivity index (χ4v) is 2.10. The molecule has 1 aliphatic rings. The van der Waals surface area contributed by atoms with Crippen LogP contribution in [0.15, 0.2) is 12.1 Å². The molecule has 4 heteroatoms. The van der Waals surface area contributed by atoms with Crippen LogP contribution in [0.4, 0.5) is 4.39 Å². The Bertz CT molecular complexity index is 400. The van der Waals surface area contributed by atoms with Crippen LogP contribution >= 0.6 is 0 Å². The number of phenols is 2. The monoisotopic (exact) mass is 211 g/mol. The van der Waals surface area contributed by atoms with Crippen molar-refractivity contribution in [3.05, 3.63) is 23.5 Å². The van der Waals surface area contributed by atoms with Crippen molar-refractivity contribution in [1.82, 2.24) is 0 Å². The van der Waals surface area contributed by atoms with E-state index < -0.39 is 11.2 Å². The van der Waals surface area contributed by atoms with E-state index in [0.29, 0.717) is 0 Å². The molecule has 1 fully saturated rings. The van der Waals surface area contributed by atoms with Gasteiger partial charge in [-0.2, -0.15) is 0 Å². The van der Waals surface area contributed by atoms with Crippen molar-refractivity contribution in [3.8, 4) is 11.5 Å². The summed E-state index contributed by atoms with van der Waals surface area (Å²) < 4.78 is 13.6. The molecule has 0 aromatic heterocycles. The van der Waals surface area contributed by atoms with Gasteiger partial charge in [-0.25, -0.2) is 4.39 Å². The van der Waals surface area contributed by atoms with E-state index in [9.17, 15) is 14.6 Å². The van der Waals surface area contributed by atoms with Gasteiger partial charge in [0, 0.05) is 17.0 Å². The summed E-state index contributed by atoms with van der Waals surface area (Å²) in [6.45, 7) is 1.79. The van der Waals surface area contributed by atoms with Crippen molar-refractivity contribution in [1.29, 1.82) is 0 Å². The third kappa shape index (κ3) is 1.36. The summed E-state index contributed by atoms with van der Waals surface area (Å²) in [5, 5.41) is 19.0. The number of aromatic hydroxyl groups is 2. The second-order valence-electron chi connectivity index (χ2n) is 4.23. The van der Waals surface area contributed by atoms with Crippen LogP contribution < -0.4 is 5.73 Å². The molecule has 1 unspecified atom stereocenters. The van der Waals surface area contributed by atoms with Crippen molar-refractivity contribution in [2.45, 2.75) is 31.2 Å². The number of benzene rings is 1. The summed E-state index contributed by atoms with van der Waals surface area (Å²) in [6, 6.07) is 2.07. The molecular formula is C11H14FNO2. The molecular weight excluding hydrogens is 197 g/mol. The maximum Gasteiger partial charge on any atom is 0.164 e. The summed E-state index contributed by atoms with van der Waals surface area (Å²) in [4.78, 5) is 0. The first-order valence-electron chi connectivity index (χ1n) is 4.95. The number of hydrogen-bond donors (Lipinski definition) is 3. The first-order valence-corrected chi connectivity index (χ1v) is 4.95. The predicted octanol–water partition coefficient (Wildman–Crippen LogP) is 1.62. The Hall–Kier alpha value is -1.29. The van der Waals surface area contributed by atoms with Gasteiger partial charge in [0.25, 0.3) is 0 Å². The molecule has 15 heavy (non-hydrogen) atoms. The van der Waals surface area contributed by atoms with E-state index in [0.717, 1.165) is 25.0 Å². The lowest BCUT2D eigenvalue weighted by atomic mass is 9.88. The Balaban J connectivity index is 2.57. The number of phenolic OH excluding ortho intramolecular Hbond substituents is 2. The summed E-state index contributed by atoms with van der Waals surface area (Å²) in [6.07, 6.45) is 1.50. The highest BCUT2D eigenvalue weighted by Crippen LogP contribution is 2.55. The summed E-state index contributed by atoms with van der Waals surface area (Å²) in [5.74, 6) is -1.16. The van der Waals surface area contributed by atoms with Crippen LogP contribution in [0.25, 0.3) is 0 Å². The number of nitrogens with two attached hydrogens (primary N) is 1. The van der Waals surface area contributed by atoms with Gasteiger partial charge in [-0.3, -0.25) is 0 Å². The number of rotatable bonds is 2. The molecule has 1 aliphatic carbocycles. The Morgan fingerprint density at radius 2 is 2.00 bits per heavy atom. The predicted molar refractivity (Wildman–Crippen MR) is 54.3 cm³/mol. The van der Waals surface area contributed by atoms with Crippen molar-refractivity contribution < 1.29 is 14.6 Å². The van der Waals surface area contributed by atoms with E-state index in [-0.39, 0.29) is 23.1 Å². The molecule has 1 atom stereocenters. The maximum absolute atomic E-state index is 13.6. The molecule has 0 spiro atoms. The topological polar surface area (TPSA) is 66.5 Å². The zero-order chi connectivity index (χ0) is 11.2. The van der Waals surface area contributed by atoms with Gasteiger partial charge >= 0.3 is 0 Å². The van der Waals surface area contributed by atoms with E-state index in [1.54, 1.807) is 6.92 Å². The normalized spacial score (nSPS) is 19.9. The van der Waals surface area contributed by atoms with Gasteiger partial charge in [-0.15, -0.1) is 0 Å². The summed E-state index contributed by atoms with van der Waals surface area (Å²) in [5.41, 5.74) is 5.46. The largest absolute Gasteiger partial charge is 0.504 e. The highest BCUT2D eigenvalue weighted by Gasteiger charge is 2.51. The molecule has 1 aromatic carbocycles. The van der Waals surface area contributed by atoms with E-state index >= 15 is 0 Å². The van der Waals surface area contributed by atoms with Crippen LogP contribution in [0.3, 0.4) is 0 Å². The highest BCUT2D eigenvalue weighted by molar-refractivity contribution is 5.52. The Morgan fingerprint density at radius 3 is 2.47 bits per heavy atom. The Kier molecular flexibility index (Phi) is 2.12. The third-order valence-corrected chi connectivity index (χ3v) is 3.26. The van der Waals surface area contributed by atoms with E-state index in [1.165, 1.54) is 0 Å². The fraction of sp³-hybridized carbons (Fsp3) is 0.455. The zero-order valence-electron chi connectivity index (χ0n) is 8.50. The molecule has 3 nitrogen and oxygen atoms in total. The van der Waals surface area contributed by atoms with Gasteiger partial charge < -0.3 is 15.9 Å². The Labute approximate surface area is 87.3 Å². The van der Waals surface area contributed by atoms with Gasteiger partial charge in [0.05, 0.1) is 0 Å². The molecule has 0 heterocycles. The lowest BCUT2D eigenvalue weighted by molar-refractivity contribution is 0.381. The number of hydrogen-bond acceptors (Lipinski definition) is 3. The molecule has 82 valence electrons. The van der Waals surface area contributed by atoms with Crippen molar-refractivity contribution >= 4 is 0 Å². The standard InChI is InChI=1S/C11H14FNO2/c1-6(13)11(4-5-11)9-7(12)2-3-8(14)10(9)15/h2-3,6,14-15H,4-5,13H2,1H3. The number of halogens is 1. The smallest absolute Gasteiger partial charge is 0.164 e. The summed E-state index contributed by atoms with van der Waals surface area (Å²) >= 11 is 0. The van der Waals surface area contributed by atoms with Crippen LogP contribution in [0.5, 0.6) is 11.5 Å². The van der Waals surface area contributed by atoms with Crippen LogP contribution in [0.1, 0.15) is 25.3 Å². The van der Waals surface area contributed by atoms with Crippen LogP contribution in [-0.4, -0.2) is 16.3 Å². The molecule has 0 saturated heterocycles. The minimum Gasteiger partial charge on any atom is -0.504 e.